The molecule has 2 nitrogen and oxygen atoms in total. The number of fused-ring (bicyclic) bond motifs is 3. The summed E-state index contributed by atoms with van der Waals surface area (Å²) in [7, 11) is 0. The topological polar surface area (TPSA) is 20.3 Å². The molecule has 0 bridgehead atoms. The summed E-state index contributed by atoms with van der Waals surface area (Å²) in [5, 5.41) is 2.36. The molecule has 0 spiro atoms. The zero-order chi connectivity index (χ0) is 17.4. The van der Waals surface area contributed by atoms with Gasteiger partial charge in [0, 0.05) is 22.5 Å². The summed E-state index contributed by atoms with van der Waals surface area (Å²) in [5.74, 6) is 2.72. The van der Waals surface area contributed by atoms with Crippen LogP contribution in [-0.4, -0.2) is 12.5 Å². The van der Waals surface area contributed by atoms with E-state index in [0.29, 0.717) is 13.0 Å². The number of nitrogens with zero attached hydrogens (tertiary/aromatic N) is 1. The zero-order valence-electron chi connectivity index (χ0n) is 13.6. The van der Waals surface area contributed by atoms with Gasteiger partial charge in [-0.2, -0.15) is 0 Å². The number of halogens is 1. The van der Waals surface area contributed by atoms with Crippen molar-refractivity contribution in [1.82, 2.24) is 0 Å². The Kier molecular flexibility index (Phi) is 4.07. The number of carbonyl (C=O) groups is 1. The zero-order valence-corrected chi connectivity index (χ0v) is 15.2. The lowest BCUT2D eigenvalue weighted by atomic mass is 9.81. The van der Waals surface area contributed by atoms with E-state index in [0.717, 1.165) is 15.7 Å². The van der Waals surface area contributed by atoms with Crippen molar-refractivity contribution in [3.8, 4) is 12.3 Å². The monoisotopic (exact) mass is 389 g/mol. The molecule has 1 aliphatic heterocycles. The Labute approximate surface area is 155 Å². The van der Waals surface area contributed by atoms with Crippen LogP contribution in [0.1, 0.15) is 23.5 Å². The highest BCUT2D eigenvalue weighted by molar-refractivity contribution is 9.10. The highest BCUT2D eigenvalue weighted by Gasteiger charge is 2.33. The van der Waals surface area contributed by atoms with Crippen molar-refractivity contribution in [2.45, 2.75) is 12.3 Å². The number of hydrogen-bond donors (Lipinski definition) is 0. The molecule has 0 saturated carbocycles. The van der Waals surface area contributed by atoms with E-state index in [1.54, 1.807) is 4.90 Å². The summed E-state index contributed by atoms with van der Waals surface area (Å²) in [6, 6.07) is 20.6. The molecule has 0 aromatic heterocycles. The van der Waals surface area contributed by atoms with Crippen LogP contribution in [0.5, 0.6) is 0 Å². The number of amides is 1. The Morgan fingerprint density at radius 3 is 2.76 bits per heavy atom. The van der Waals surface area contributed by atoms with Gasteiger partial charge >= 0.3 is 0 Å². The Balaban J connectivity index is 2.00. The first-order valence-electron chi connectivity index (χ1n) is 8.20. The summed E-state index contributed by atoms with van der Waals surface area (Å²) >= 11 is 3.55. The van der Waals surface area contributed by atoms with Crippen molar-refractivity contribution in [3.63, 3.8) is 0 Å². The van der Waals surface area contributed by atoms with Crippen LogP contribution in [0.4, 0.5) is 5.69 Å². The van der Waals surface area contributed by atoms with E-state index in [4.69, 9.17) is 6.42 Å². The lowest BCUT2D eigenvalue weighted by Crippen LogP contribution is -2.37. The molecule has 25 heavy (non-hydrogen) atoms. The minimum absolute atomic E-state index is 0.0279. The smallest absolute Gasteiger partial charge is 0.228 e. The molecule has 1 amide bonds. The van der Waals surface area contributed by atoms with Gasteiger partial charge < -0.3 is 4.90 Å². The third-order valence-corrected chi connectivity index (χ3v) is 5.26. The molecule has 3 heteroatoms. The van der Waals surface area contributed by atoms with E-state index >= 15 is 0 Å². The van der Waals surface area contributed by atoms with Crippen LogP contribution in [0.15, 0.2) is 65.1 Å². The fourth-order valence-electron chi connectivity index (χ4n) is 3.68. The van der Waals surface area contributed by atoms with Gasteiger partial charge in [0.2, 0.25) is 5.91 Å². The average molecular weight is 390 g/mol. The van der Waals surface area contributed by atoms with Gasteiger partial charge in [-0.3, -0.25) is 4.79 Å². The van der Waals surface area contributed by atoms with Gasteiger partial charge in [-0.15, -0.1) is 6.42 Å². The molecule has 3 aromatic carbocycles. The normalized spacial score (nSPS) is 16.6. The molecule has 3 aromatic rings. The number of rotatable bonds is 2. The molecule has 0 aliphatic carbocycles. The fourth-order valence-corrected chi connectivity index (χ4v) is 4.10. The third kappa shape index (κ3) is 2.73. The van der Waals surface area contributed by atoms with Gasteiger partial charge in [0.15, 0.2) is 0 Å². The fraction of sp³-hybridized carbons (Fsp3) is 0.136. The second kappa shape index (κ2) is 6.38. The van der Waals surface area contributed by atoms with Crippen LogP contribution in [0, 0.1) is 12.3 Å². The predicted molar refractivity (Wildman–Crippen MR) is 106 cm³/mol. The van der Waals surface area contributed by atoms with Crippen molar-refractivity contribution in [1.29, 1.82) is 0 Å². The summed E-state index contributed by atoms with van der Waals surface area (Å²) in [6.07, 6.45) is 5.94. The van der Waals surface area contributed by atoms with Crippen molar-refractivity contribution in [3.05, 3.63) is 76.3 Å². The van der Waals surface area contributed by atoms with Crippen LogP contribution in [-0.2, 0) is 4.79 Å². The summed E-state index contributed by atoms with van der Waals surface area (Å²) in [4.78, 5) is 14.5. The van der Waals surface area contributed by atoms with Crippen LogP contribution in [0.3, 0.4) is 0 Å². The van der Waals surface area contributed by atoms with Crippen molar-refractivity contribution in [2.75, 3.05) is 11.4 Å². The van der Waals surface area contributed by atoms with Gasteiger partial charge in [-0.25, -0.2) is 0 Å². The minimum Gasteiger partial charge on any atom is -0.300 e. The van der Waals surface area contributed by atoms with Crippen molar-refractivity contribution < 1.29 is 4.79 Å². The lowest BCUT2D eigenvalue weighted by molar-refractivity contribution is -0.119. The molecule has 122 valence electrons. The van der Waals surface area contributed by atoms with Crippen molar-refractivity contribution >= 4 is 38.3 Å². The maximum atomic E-state index is 12.8. The molecule has 0 fully saturated rings. The molecule has 1 atom stereocenters. The predicted octanol–water partition coefficient (Wildman–Crippen LogP) is 5.10. The van der Waals surface area contributed by atoms with E-state index in [-0.39, 0.29) is 11.8 Å². The molecule has 0 N–H and O–H groups in total. The number of anilines is 1. The van der Waals surface area contributed by atoms with Gasteiger partial charge in [0.1, 0.15) is 0 Å². The van der Waals surface area contributed by atoms with Crippen LogP contribution in [0.2, 0.25) is 0 Å². The third-order valence-electron chi connectivity index (χ3n) is 4.77. The number of benzene rings is 3. The Hall–Kier alpha value is -2.57. The van der Waals surface area contributed by atoms with E-state index in [1.165, 1.54) is 16.3 Å². The number of hydrogen-bond acceptors (Lipinski definition) is 1. The molecule has 0 radical (unpaired) electrons. The first-order chi connectivity index (χ1) is 12.2. The van der Waals surface area contributed by atoms with E-state index < -0.39 is 0 Å². The molecule has 1 unspecified atom stereocenters. The standard InChI is InChI=1S/C22H16BrNO/c1-2-12-24-20-11-10-15-6-3-4-9-18(15)22(20)19(14-21(24)25)16-7-5-8-17(23)13-16/h1,3-11,13,19H,12,14H2. The largest absolute Gasteiger partial charge is 0.300 e. The molecular formula is C22H16BrNO. The maximum absolute atomic E-state index is 12.8. The molecular weight excluding hydrogens is 374 g/mol. The van der Waals surface area contributed by atoms with E-state index in [2.05, 4.69) is 52.2 Å². The first kappa shape index (κ1) is 15.9. The average Bonchev–Trinajstić information content (AvgIpc) is 2.63. The van der Waals surface area contributed by atoms with Crippen LogP contribution in [0.25, 0.3) is 10.8 Å². The molecule has 4 rings (SSSR count). The van der Waals surface area contributed by atoms with E-state index in [9.17, 15) is 4.79 Å². The Bertz CT molecular complexity index is 1020. The first-order valence-corrected chi connectivity index (χ1v) is 8.99. The van der Waals surface area contributed by atoms with Crippen LogP contribution < -0.4 is 4.90 Å². The number of carbonyl (C=O) groups excluding carboxylic acids is 1. The summed E-state index contributed by atoms with van der Waals surface area (Å²) in [6.45, 7) is 0.301. The highest BCUT2D eigenvalue weighted by atomic mass is 79.9. The van der Waals surface area contributed by atoms with Gasteiger partial charge in [0.25, 0.3) is 0 Å². The second-order valence-electron chi connectivity index (χ2n) is 6.22. The SMILES string of the molecule is C#CCN1C(=O)CC(c2cccc(Br)c2)c2c1ccc1ccccc21. The van der Waals surface area contributed by atoms with E-state index in [1.807, 2.05) is 30.3 Å². The summed E-state index contributed by atoms with van der Waals surface area (Å²) < 4.78 is 1.02. The Morgan fingerprint density at radius 1 is 1.12 bits per heavy atom. The van der Waals surface area contributed by atoms with Gasteiger partial charge in [0.05, 0.1) is 6.54 Å². The quantitative estimate of drug-likeness (QED) is 0.558. The van der Waals surface area contributed by atoms with Gasteiger partial charge in [-0.1, -0.05) is 64.3 Å². The Morgan fingerprint density at radius 2 is 1.96 bits per heavy atom. The highest BCUT2D eigenvalue weighted by Crippen LogP contribution is 2.44. The summed E-state index contributed by atoms with van der Waals surface area (Å²) in [5.41, 5.74) is 3.25. The molecule has 1 heterocycles. The lowest BCUT2D eigenvalue weighted by Gasteiger charge is -2.34. The number of terminal acetylenes is 1. The molecule has 1 aliphatic rings. The minimum atomic E-state index is 0.0279. The van der Waals surface area contributed by atoms with Gasteiger partial charge in [-0.05, 0) is 40.1 Å². The second-order valence-corrected chi connectivity index (χ2v) is 7.13. The molecule has 0 saturated heterocycles. The maximum Gasteiger partial charge on any atom is 0.228 e. The van der Waals surface area contributed by atoms with Crippen molar-refractivity contribution in [2.24, 2.45) is 0 Å². The van der Waals surface area contributed by atoms with Crippen LogP contribution >= 0.6 is 15.9 Å².